The molecule has 0 bridgehead atoms. The first-order valence-electron chi connectivity index (χ1n) is 7.87. The third kappa shape index (κ3) is 3.76. The van der Waals surface area contributed by atoms with Gasteiger partial charge in [0.1, 0.15) is 17.3 Å². The van der Waals surface area contributed by atoms with Crippen LogP contribution in [0.4, 0.5) is 21.6 Å². The molecule has 1 aromatic carbocycles. The van der Waals surface area contributed by atoms with E-state index in [1.54, 1.807) is 13.0 Å². The number of hydrogen-bond donors (Lipinski definition) is 1. The summed E-state index contributed by atoms with van der Waals surface area (Å²) in [6.07, 6.45) is 1.08. The quantitative estimate of drug-likeness (QED) is 0.673. The van der Waals surface area contributed by atoms with E-state index in [0.29, 0.717) is 43.2 Å². The summed E-state index contributed by atoms with van der Waals surface area (Å²) in [6.45, 7) is 2.68. The third-order valence-corrected chi connectivity index (χ3v) is 4.22. The molecule has 1 saturated heterocycles. The Labute approximate surface area is 142 Å². The summed E-state index contributed by atoms with van der Waals surface area (Å²) < 4.78 is 18.2. The van der Waals surface area contributed by atoms with E-state index in [4.69, 9.17) is 4.52 Å². The lowest BCUT2D eigenvalue weighted by molar-refractivity contribution is -0.384. The molecule has 0 unspecified atom stereocenters. The van der Waals surface area contributed by atoms with Crippen molar-refractivity contribution >= 4 is 23.1 Å². The average Bonchev–Trinajstić information content (AvgIpc) is 2.99. The molecule has 3 rings (SSSR count). The predicted octanol–water partition coefficient (Wildman–Crippen LogP) is 2.89. The second kappa shape index (κ2) is 6.88. The van der Waals surface area contributed by atoms with Gasteiger partial charge in [-0.25, -0.2) is 4.39 Å². The first-order chi connectivity index (χ1) is 11.9. The number of aryl methyl sites for hydroxylation is 1. The highest BCUT2D eigenvalue weighted by Gasteiger charge is 2.29. The molecule has 25 heavy (non-hydrogen) atoms. The van der Waals surface area contributed by atoms with Gasteiger partial charge in [0, 0.05) is 25.1 Å². The van der Waals surface area contributed by atoms with Gasteiger partial charge < -0.3 is 14.7 Å². The summed E-state index contributed by atoms with van der Waals surface area (Å²) in [4.78, 5) is 24.6. The fourth-order valence-electron chi connectivity index (χ4n) is 2.95. The summed E-state index contributed by atoms with van der Waals surface area (Å²) in [5.41, 5.74) is 0.110. The minimum absolute atomic E-state index is 0.151. The van der Waals surface area contributed by atoms with Crippen LogP contribution in [0.5, 0.6) is 0 Å². The van der Waals surface area contributed by atoms with Crippen molar-refractivity contribution in [1.82, 2.24) is 5.16 Å². The molecule has 132 valence electrons. The highest BCUT2D eigenvalue weighted by Crippen LogP contribution is 2.32. The standard InChI is InChI=1S/C16H17FN4O4/c1-10-8-15(19-25-10)18-16(22)11-4-6-20(7-5-11)13-3-2-12(17)9-14(13)21(23)24/h2-3,8-9,11H,4-7H2,1H3,(H,18,19,22). The van der Waals surface area contributed by atoms with E-state index in [-0.39, 0.29) is 17.5 Å². The van der Waals surface area contributed by atoms with Gasteiger partial charge in [0.15, 0.2) is 5.82 Å². The number of nitrogens with zero attached hydrogens (tertiary/aromatic N) is 3. The SMILES string of the molecule is Cc1cc(NC(=O)C2CCN(c3ccc(F)cc3[N+](=O)[O-])CC2)no1. The molecule has 1 aliphatic rings. The maximum Gasteiger partial charge on any atom is 0.295 e. The largest absolute Gasteiger partial charge is 0.366 e. The maximum absolute atomic E-state index is 13.3. The minimum Gasteiger partial charge on any atom is -0.366 e. The maximum atomic E-state index is 13.3. The van der Waals surface area contributed by atoms with E-state index in [9.17, 15) is 19.3 Å². The molecule has 9 heteroatoms. The fourth-order valence-corrected chi connectivity index (χ4v) is 2.95. The molecule has 0 atom stereocenters. The summed E-state index contributed by atoms with van der Waals surface area (Å²) in [6, 6.07) is 5.16. The van der Waals surface area contributed by atoms with Gasteiger partial charge in [-0.1, -0.05) is 5.16 Å². The molecule has 1 aliphatic heterocycles. The molecule has 1 fully saturated rings. The van der Waals surface area contributed by atoms with E-state index in [1.807, 2.05) is 4.90 Å². The van der Waals surface area contributed by atoms with Crippen molar-refractivity contribution in [3.63, 3.8) is 0 Å². The lowest BCUT2D eigenvalue weighted by Crippen LogP contribution is -2.38. The number of hydrogen-bond acceptors (Lipinski definition) is 6. The van der Waals surface area contributed by atoms with Gasteiger partial charge in [0.2, 0.25) is 5.91 Å². The Morgan fingerprint density at radius 2 is 2.12 bits per heavy atom. The Balaban J connectivity index is 1.64. The molecule has 0 spiro atoms. The van der Waals surface area contributed by atoms with Crippen molar-refractivity contribution < 1.29 is 18.6 Å². The minimum atomic E-state index is -0.646. The molecule has 2 aromatic rings. The Bertz CT molecular complexity index is 799. The Kier molecular flexibility index (Phi) is 4.64. The number of halogens is 1. The number of carbonyl (C=O) groups excluding carboxylic acids is 1. The number of carbonyl (C=O) groups is 1. The van der Waals surface area contributed by atoms with Gasteiger partial charge in [0.05, 0.1) is 11.0 Å². The fraction of sp³-hybridized carbons (Fsp3) is 0.375. The first-order valence-corrected chi connectivity index (χ1v) is 7.87. The van der Waals surface area contributed by atoms with Gasteiger partial charge in [0.25, 0.3) is 5.69 Å². The molecule has 8 nitrogen and oxygen atoms in total. The van der Waals surface area contributed by atoms with E-state index >= 15 is 0 Å². The number of anilines is 2. The molecule has 1 amide bonds. The highest BCUT2D eigenvalue weighted by molar-refractivity contribution is 5.91. The smallest absolute Gasteiger partial charge is 0.295 e. The zero-order valence-corrected chi connectivity index (χ0v) is 13.6. The summed E-state index contributed by atoms with van der Waals surface area (Å²) in [7, 11) is 0. The highest BCUT2D eigenvalue weighted by atomic mass is 19.1. The van der Waals surface area contributed by atoms with Crippen LogP contribution in [0.2, 0.25) is 0 Å². The Hall–Kier alpha value is -2.97. The number of nitro benzene ring substituents is 1. The van der Waals surface area contributed by atoms with Gasteiger partial charge >= 0.3 is 0 Å². The van der Waals surface area contributed by atoms with Gasteiger partial charge in [-0.2, -0.15) is 0 Å². The molecular formula is C16H17FN4O4. The van der Waals surface area contributed by atoms with E-state index in [1.165, 1.54) is 12.1 Å². The molecule has 0 radical (unpaired) electrons. The normalized spacial score (nSPS) is 15.2. The number of nitrogens with one attached hydrogen (secondary N) is 1. The molecule has 2 heterocycles. The summed E-state index contributed by atoms with van der Waals surface area (Å²) >= 11 is 0. The van der Waals surface area contributed by atoms with Crippen molar-refractivity contribution in [3.05, 3.63) is 46.0 Å². The van der Waals surface area contributed by atoms with Crippen molar-refractivity contribution in [2.75, 3.05) is 23.3 Å². The van der Waals surface area contributed by atoms with Gasteiger partial charge in [-0.15, -0.1) is 0 Å². The molecule has 0 aliphatic carbocycles. The van der Waals surface area contributed by atoms with Gasteiger partial charge in [-0.3, -0.25) is 14.9 Å². The van der Waals surface area contributed by atoms with Crippen LogP contribution < -0.4 is 10.2 Å². The summed E-state index contributed by atoms with van der Waals surface area (Å²) in [5, 5.41) is 17.6. The monoisotopic (exact) mass is 348 g/mol. The van der Waals surface area contributed by atoms with Crippen LogP contribution in [-0.2, 0) is 4.79 Å². The average molecular weight is 348 g/mol. The molecule has 1 N–H and O–H groups in total. The van der Waals surface area contributed by atoms with E-state index < -0.39 is 10.7 Å². The molecule has 0 saturated carbocycles. The lowest BCUT2D eigenvalue weighted by atomic mass is 9.95. The third-order valence-electron chi connectivity index (χ3n) is 4.22. The van der Waals surface area contributed by atoms with Crippen LogP contribution in [0.15, 0.2) is 28.8 Å². The zero-order chi connectivity index (χ0) is 18.0. The summed E-state index contributed by atoms with van der Waals surface area (Å²) in [5.74, 6) is -0.0326. The van der Waals surface area contributed by atoms with Crippen LogP contribution in [0.25, 0.3) is 0 Å². The Morgan fingerprint density at radius 3 is 2.72 bits per heavy atom. The second-order valence-electron chi connectivity index (χ2n) is 5.96. The van der Waals surface area contributed by atoms with Crippen molar-refractivity contribution in [2.45, 2.75) is 19.8 Å². The predicted molar refractivity (Wildman–Crippen MR) is 87.9 cm³/mol. The van der Waals surface area contributed by atoms with Gasteiger partial charge in [-0.05, 0) is 31.9 Å². The topological polar surface area (TPSA) is 102 Å². The number of benzene rings is 1. The van der Waals surface area contributed by atoms with Crippen LogP contribution in [0.3, 0.4) is 0 Å². The number of piperidine rings is 1. The lowest BCUT2D eigenvalue weighted by Gasteiger charge is -2.32. The number of amides is 1. The van der Waals surface area contributed by atoms with Crippen LogP contribution in [-0.4, -0.2) is 29.1 Å². The second-order valence-corrected chi connectivity index (χ2v) is 5.96. The molecule has 1 aromatic heterocycles. The van der Waals surface area contributed by atoms with Crippen LogP contribution >= 0.6 is 0 Å². The Morgan fingerprint density at radius 1 is 1.40 bits per heavy atom. The van der Waals surface area contributed by atoms with E-state index in [2.05, 4.69) is 10.5 Å². The van der Waals surface area contributed by atoms with E-state index in [0.717, 1.165) is 6.07 Å². The zero-order valence-electron chi connectivity index (χ0n) is 13.6. The number of rotatable bonds is 4. The van der Waals surface area contributed by atoms with Crippen molar-refractivity contribution in [3.8, 4) is 0 Å². The van der Waals surface area contributed by atoms with Crippen molar-refractivity contribution in [2.24, 2.45) is 5.92 Å². The molecular weight excluding hydrogens is 331 g/mol. The first kappa shape index (κ1) is 16.9. The van der Waals surface area contributed by atoms with Crippen molar-refractivity contribution in [1.29, 1.82) is 0 Å². The van der Waals surface area contributed by atoms with Crippen LogP contribution in [0.1, 0.15) is 18.6 Å². The number of aromatic nitrogens is 1. The van der Waals surface area contributed by atoms with Crippen LogP contribution in [0, 0.1) is 28.8 Å². The number of nitro groups is 1.